The summed E-state index contributed by atoms with van der Waals surface area (Å²) in [6, 6.07) is 5.68. The Balaban J connectivity index is 2.56. The monoisotopic (exact) mass is 314 g/mol. The minimum atomic E-state index is -0.488. The zero-order chi connectivity index (χ0) is 16.6. The molecule has 0 atom stereocenters. The minimum Gasteiger partial charge on any atom is -0.496 e. The summed E-state index contributed by atoms with van der Waals surface area (Å²) in [7, 11) is 4.56. The number of aromatic amines is 1. The predicted octanol–water partition coefficient (Wildman–Crippen LogP) is 3.08. The molecule has 0 spiro atoms. The SMILES string of the molecule is CCc1nc(C(=O)OC)c2[nH]c3cccc(OC)c3c2c1OC. The van der Waals surface area contributed by atoms with Crippen molar-refractivity contribution in [1.82, 2.24) is 9.97 Å². The van der Waals surface area contributed by atoms with Crippen molar-refractivity contribution in [3.63, 3.8) is 0 Å². The number of nitrogens with zero attached hydrogens (tertiary/aromatic N) is 1. The van der Waals surface area contributed by atoms with E-state index < -0.39 is 5.97 Å². The van der Waals surface area contributed by atoms with Gasteiger partial charge in [0.25, 0.3) is 0 Å². The van der Waals surface area contributed by atoms with E-state index in [9.17, 15) is 4.79 Å². The molecule has 0 aliphatic heterocycles. The second-order valence-electron chi connectivity index (χ2n) is 5.04. The first-order valence-corrected chi connectivity index (χ1v) is 7.29. The van der Waals surface area contributed by atoms with Gasteiger partial charge in [-0.2, -0.15) is 0 Å². The van der Waals surface area contributed by atoms with Crippen molar-refractivity contribution in [2.75, 3.05) is 21.3 Å². The van der Waals surface area contributed by atoms with Gasteiger partial charge in [-0.25, -0.2) is 9.78 Å². The van der Waals surface area contributed by atoms with E-state index in [-0.39, 0.29) is 5.69 Å². The van der Waals surface area contributed by atoms with Crippen LogP contribution in [0.15, 0.2) is 18.2 Å². The van der Waals surface area contributed by atoms with Crippen molar-refractivity contribution >= 4 is 27.8 Å². The Hall–Kier alpha value is -2.76. The van der Waals surface area contributed by atoms with Crippen LogP contribution in [0.4, 0.5) is 0 Å². The Kier molecular flexibility index (Phi) is 3.82. The smallest absolute Gasteiger partial charge is 0.358 e. The van der Waals surface area contributed by atoms with Crippen LogP contribution >= 0.6 is 0 Å². The number of hydrogen-bond donors (Lipinski definition) is 1. The van der Waals surface area contributed by atoms with E-state index >= 15 is 0 Å². The first-order chi connectivity index (χ1) is 11.2. The summed E-state index contributed by atoms with van der Waals surface area (Å²) in [4.78, 5) is 19.8. The van der Waals surface area contributed by atoms with Gasteiger partial charge in [0, 0.05) is 0 Å². The fourth-order valence-corrected chi connectivity index (χ4v) is 2.88. The number of ether oxygens (including phenoxy) is 3. The maximum atomic E-state index is 12.1. The summed E-state index contributed by atoms with van der Waals surface area (Å²) in [6.07, 6.45) is 0.630. The molecule has 3 rings (SSSR count). The largest absolute Gasteiger partial charge is 0.496 e. The van der Waals surface area contributed by atoms with E-state index in [0.717, 1.165) is 16.3 Å². The van der Waals surface area contributed by atoms with Crippen molar-refractivity contribution in [2.24, 2.45) is 0 Å². The van der Waals surface area contributed by atoms with E-state index in [0.29, 0.717) is 29.1 Å². The summed E-state index contributed by atoms with van der Waals surface area (Å²) in [5.41, 5.74) is 2.38. The first-order valence-electron chi connectivity index (χ1n) is 7.29. The molecule has 120 valence electrons. The molecule has 1 aromatic carbocycles. The van der Waals surface area contributed by atoms with Crippen LogP contribution in [0, 0.1) is 0 Å². The molecule has 0 unspecified atom stereocenters. The predicted molar refractivity (Wildman–Crippen MR) is 87.4 cm³/mol. The molecular weight excluding hydrogens is 296 g/mol. The van der Waals surface area contributed by atoms with E-state index in [4.69, 9.17) is 14.2 Å². The number of benzene rings is 1. The number of fused-ring (bicyclic) bond motifs is 3. The normalized spacial score (nSPS) is 11.0. The molecule has 23 heavy (non-hydrogen) atoms. The molecule has 0 fully saturated rings. The molecule has 6 heteroatoms. The maximum absolute atomic E-state index is 12.1. The zero-order valence-corrected chi connectivity index (χ0v) is 13.5. The van der Waals surface area contributed by atoms with Crippen molar-refractivity contribution in [1.29, 1.82) is 0 Å². The molecule has 2 heterocycles. The average molecular weight is 314 g/mol. The molecule has 1 N–H and O–H groups in total. The molecule has 0 radical (unpaired) electrons. The van der Waals surface area contributed by atoms with Gasteiger partial charge >= 0.3 is 5.97 Å². The molecule has 2 aromatic heterocycles. The highest BCUT2D eigenvalue weighted by molar-refractivity contribution is 6.17. The van der Waals surface area contributed by atoms with Gasteiger partial charge in [-0.3, -0.25) is 0 Å². The Morgan fingerprint density at radius 2 is 1.96 bits per heavy atom. The quantitative estimate of drug-likeness (QED) is 0.749. The van der Waals surface area contributed by atoms with Gasteiger partial charge in [-0.05, 0) is 18.6 Å². The molecule has 3 aromatic rings. The Bertz CT molecular complexity index is 899. The average Bonchev–Trinajstić information content (AvgIpc) is 2.98. The van der Waals surface area contributed by atoms with Gasteiger partial charge in [-0.15, -0.1) is 0 Å². The van der Waals surface area contributed by atoms with E-state index in [1.165, 1.54) is 7.11 Å². The lowest BCUT2D eigenvalue weighted by molar-refractivity contribution is 0.0596. The number of rotatable bonds is 4. The van der Waals surface area contributed by atoms with Gasteiger partial charge < -0.3 is 19.2 Å². The molecule has 6 nitrogen and oxygen atoms in total. The van der Waals surface area contributed by atoms with Crippen LogP contribution in [0.2, 0.25) is 0 Å². The Labute approximate surface area is 133 Å². The standard InChI is InChI=1S/C17H18N2O4/c1-5-9-16(22-3)13-12-10(7-6-8-11(12)21-2)19-14(13)15(18-9)17(20)23-4/h6-8,19H,5H2,1-4H3. The van der Waals surface area contributed by atoms with Crippen LogP contribution in [0.3, 0.4) is 0 Å². The van der Waals surface area contributed by atoms with Gasteiger partial charge in [0.2, 0.25) is 0 Å². The van der Waals surface area contributed by atoms with Crippen molar-refractivity contribution < 1.29 is 19.0 Å². The van der Waals surface area contributed by atoms with Crippen molar-refractivity contribution in [2.45, 2.75) is 13.3 Å². The number of carbonyl (C=O) groups excluding carboxylic acids is 1. The van der Waals surface area contributed by atoms with Crippen LogP contribution in [-0.4, -0.2) is 37.3 Å². The number of H-pyrrole nitrogens is 1. The second kappa shape index (κ2) is 5.79. The number of aryl methyl sites for hydroxylation is 1. The number of esters is 1. The first kappa shape index (κ1) is 15.1. The third-order valence-electron chi connectivity index (χ3n) is 3.90. The molecule has 0 amide bonds. The number of methoxy groups -OCH3 is 3. The molecule has 0 saturated heterocycles. The maximum Gasteiger partial charge on any atom is 0.358 e. The van der Waals surface area contributed by atoms with E-state index in [1.54, 1.807) is 14.2 Å². The molecule has 0 aliphatic rings. The third-order valence-corrected chi connectivity index (χ3v) is 3.90. The summed E-state index contributed by atoms with van der Waals surface area (Å²) in [5.74, 6) is 0.861. The van der Waals surface area contributed by atoms with Crippen molar-refractivity contribution in [3.8, 4) is 11.5 Å². The van der Waals surface area contributed by atoms with Crippen LogP contribution < -0.4 is 9.47 Å². The highest BCUT2D eigenvalue weighted by Gasteiger charge is 2.24. The minimum absolute atomic E-state index is 0.249. The van der Waals surface area contributed by atoms with Gasteiger partial charge in [0.05, 0.1) is 48.8 Å². The summed E-state index contributed by atoms with van der Waals surface area (Å²) in [5, 5.41) is 1.65. The zero-order valence-electron chi connectivity index (χ0n) is 13.5. The molecule has 0 bridgehead atoms. The summed E-state index contributed by atoms with van der Waals surface area (Å²) >= 11 is 0. The lowest BCUT2D eigenvalue weighted by Gasteiger charge is -2.11. The van der Waals surface area contributed by atoms with Gasteiger partial charge in [-0.1, -0.05) is 13.0 Å². The summed E-state index contributed by atoms with van der Waals surface area (Å²) < 4.78 is 16.0. The highest BCUT2D eigenvalue weighted by Crippen LogP contribution is 2.40. The highest BCUT2D eigenvalue weighted by atomic mass is 16.5. The van der Waals surface area contributed by atoms with Crippen LogP contribution in [0.25, 0.3) is 21.8 Å². The number of hydrogen-bond acceptors (Lipinski definition) is 5. The lowest BCUT2D eigenvalue weighted by atomic mass is 10.1. The number of nitrogens with one attached hydrogen (secondary N) is 1. The Morgan fingerprint density at radius 1 is 1.17 bits per heavy atom. The van der Waals surface area contributed by atoms with Crippen molar-refractivity contribution in [3.05, 3.63) is 29.6 Å². The van der Waals surface area contributed by atoms with Crippen LogP contribution in [0.1, 0.15) is 23.1 Å². The topological polar surface area (TPSA) is 73.4 Å². The number of pyridine rings is 1. The van der Waals surface area contributed by atoms with E-state index in [2.05, 4.69) is 9.97 Å². The van der Waals surface area contributed by atoms with Crippen LogP contribution in [-0.2, 0) is 11.2 Å². The third kappa shape index (κ3) is 2.18. The number of aromatic nitrogens is 2. The van der Waals surface area contributed by atoms with Crippen LogP contribution in [0.5, 0.6) is 11.5 Å². The lowest BCUT2D eigenvalue weighted by Crippen LogP contribution is -2.08. The number of carbonyl (C=O) groups is 1. The second-order valence-corrected chi connectivity index (χ2v) is 5.04. The fraction of sp³-hybridized carbons (Fsp3) is 0.294. The Morgan fingerprint density at radius 3 is 2.57 bits per heavy atom. The molecule has 0 saturated carbocycles. The van der Waals surface area contributed by atoms with Gasteiger partial charge in [0.15, 0.2) is 11.4 Å². The fourth-order valence-electron chi connectivity index (χ4n) is 2.88. The molecular formula is C17H18N2O4. The molecule has 0 aliphatic carbocycles. The van der Waals surface area contributed by atoms with E-state index in [1.807, 2.05) is 25.1 Å². The van der Waals surface area contributed by atoms with Gasteiger partial charge in [0.1, 0.15) is 5.75 Å². The summed E-state index contributed by atoms with van der Waals surface area (Å²) in [6.45, 7) is 1.96.